The van der Waals surface area contributed by atoms with Crippen LogP contribution in [0.3, 0.4) is 0 Å². The minimum atomic E-state index is -0.504. The molecule has 8 heteroatoms. The van der Waals surface area contributed by atoms with E-state index < -0.39 is 11.8 Å². The number of hydrogen-bond donors (Lipinski definition) is 1. The van der Waals surface area contributed by atoms with E-state index in [0.29, 0.717) is 33.5 Å². The highest BCUT2D eigenvalue weighted by molar-refractivity contribution is 6.32. The molecule has 1 aliphatic rings. The van der Waals surface area contributed by atoms with Crippen molar-refractivity contribution in [1.29, 1.82) is 0 Å². The van der Waals surface area contributed by atoms with Gasteiger partial charge in [-0.3, -0.25) is 15.0 Å². The number of carbonyl (C=O) groups is 2. The predicted octanol–water partition coefficient (Wildman–Crippen LogP) is 4.27. The van der Waals surface area contributed by atoms with Gasteiger partial charge in [0.25, 0.3) is 11.8 Å². The molecule has 0 aliphatic carbocycles. The van der Waals surface area contributed by atoms with Crippen molar-refractivity contribution < 1.29 is 23.8 Å². The molecule has 33 heavy (non-hydrogen) atoms. The summed E-state index contributed by atoms with van der Waals surface area (Å²) in [7, 11) is 1.59. The zero-order valence-corrected chi connectivity index (χ0v) is 18.5. The molecule has 1 heterocycles. The number of nitrogens with zero attached hydrogens (tertiary/aromatic N) is 1. The molecule has 1 fully saturated rings. The number of hydrogen-bond acceptors (Lipinski definition) is 5. The van der Waals surface area contributed by atoms with E-state index in [1.165, 1.54) is 11.1 Å². The molecular formula is C25H21ClN2O5. The lowest BCUT2D eigenvalue weighted by molar-refractivity contribution is -0.117. The fourth-order valence-electron chi connectivity index (χ4n) is 3.24. The van der Waals surface area contributed by atoms with Crippen LogP contribution in [0.2, 0.25) is 5.02 Å². The Morgan fingerprint density at radius 2 is 1.67 bits per heavy atom. The molecule has 168 valence electrons. The Kier molecular flexibility index (Phi) is 6.80. The number of rotatable bonds is 8. The Labute approximate surface area is 196 Å². The summed E-state index contributed by atoms with van der Waals surface area (Å²) in [5, 5.41) is 1.66. The Morgan fingerprint density at radius 1 is 0.909 bits per heavy atom. The molecule has 1 N–H and O–H groups in total. The van der Waals surface area contributed by atoms with Gasteiger partial charge in [0.2, 0.25) is 0 Å². The molecule has 3 aromatic rings. The maximum Gasteiger partial charge on any atom is 0.282 e. The first-order chi connectivity index (χ1) is 16.0. The Morgan fingerprint density at radius 3 is 2.45 bits per heavy atom. The number of hydrazine groups is 1. The molecule has 0 aromatic heterocycles. The number of benzene rings is 3. The third kappa shape index (κ3) is 5.27. The summed E-state index contributed by atoms with van der Waals surface area (Å²) in [5.41, 5.74) is 3.64. The van der Waals surface area contributed by atoms with Crippen LogP contribution in [0.4, 0.5) is 5.69 Å². The highest BCUT2D eigenvalue weighted by Gasteiger charge is 2.34. The molecule has 1 aliphatic heterocycles. The van der Waals surface area contributed by atoms with Gasteiger partial charge in [0.1, 0.15) is 36.0 Å². The van der Waals surface area contributed by atoms with Crippen molar-refractivity contribution in [2.24, 2.45) is 0 Å². The lowest BCUT2D eigenvalue weighted by Gasteiger charge is -2.14. The predicted molar refractivity (Wildman–Crippen MR) is 125 cm³/mol. The normalized spacial score (nSPS) is 14.4. The van der Waals surface area contributed by atoms with Crippen LogP contribution in [0.25, 0.3) is 6.08 Å². The first kappa shape index (κ1) is 22.2. The molecule has 2 amide bonds. The van der Waals surface area contributed by atoms with Gasteiger partial charge < -0.3 is 14.2 Å². The summed E-state index contributed by atoms with van der Waals surface area (Å²) in [6.45, 7) is 0.526. The number of nitrogens with one attached hydrogen (secondary N) is 1. The van der Waals surface area contributed by atoms with Crippen molar-refractivity contribution in [3.63, 3.8) is 0 Å². The summed E-state index contributed by atoms with van der Waals surface area (Å²) in [6.07, 6.45) is 1.48. The van der Waals surface area contributed by atoms with E-state index in [9.17, 15) is 9.59 Å². The van der Waals surface area contributed by atoms with Crippen LogP contribution in [-0.2, 0) is 9.59 Å². The fourth-order valence-corrected chi connectivity index (χ4v) is 3.42. The molecule has 3 aromatic carbocycles. The number of anilines is 1. The third-order valence-corrected chi connectivity index (χ3v) is 5.06. The number of amides is 2. The largest absolute Gasteiger partial charge is 0.497 e. The molecular weight excluding hydrogens is 444 g/mol. The van der Waals surface area contributed by atoms with Gasteiger partial charge in [-0.25, -0.2) is 5.01 Å². The lowest BCUT2D eigenvalue weighted by Crippen LogP contribution is -2.35. The van der Waals surface area contributed by atoms with E-state index in [1.54, 1.807) is 55.6 Å². The highest BCUT2D eigenvalue weighted by atomic mass is 35.5. The van der Waals surface area contributed by atoms with Crippen molar-refractivity contribution in [1.82, 2.24) is 5.43 Å². The molecule has 0 radical (unpaired) electrons. The Bertz CT molecular complexity index is 1200. The number of halogens is 1. The van der Waals surface area contributed by atoms with E-state index in [-0.39, 0.29) is 18.8 Å². The Hall–Kier alpha value is -3.97. The van der Waals surface area contributed by atoms with Gasteiger partial charge in [-0.1, -0.05) is 35.9 Å². The molecule has 0 bridgehead atoms. The zero-order chi connectivity index (χ0) is 23.2. The van der Waals surface area contributed by atoms with Crippen molar-refractivity contribution in [2.45, 2.75) is 0 Å². The highest BCUT2D eigenvalue weighted by Crippen LogP contribution is 2.28. The smallest absolute Gasteiger partial charge is 0.282 e. The van der Waals surface area contributed by atoms with Crippen molar-refractivity contribution in [3.05, 3.63) is 89.0 Å². The number of methoxy groups -OCH3 is 1. The second-order valence-electron chi connectivity index (χ2n) is 7.03. The minimum Gasteiger partial charge on any atom is -0.497 e. The molecule has 4 rings (SSSR count). The first-order valence-corrected chi connectivity index (χ1v) is 10.5. The average molecular weight is 465 g/mol. The zero-order valence-electron chi connectivity index (χ0n) is 17.8. The van der Waals surface area contributed by atoms with Gasteiger partial charge >= 0.3 is 0 Å². The Balaban J connectivity index is 1.47. The van der Waals surface area contributed by atoms with E-state index in [4.69, 9.17) is 25.8 Å². The van der Waals surface area contributed by atoms with Crippen LogP contribution in [0.15, 0.2) is 78.4 Å². The lowest BCUT2D eigenvalue weighted by atomic mass is 10.1. The van der Waals surface area contributed by atoms with Crippen molar-refractivity contribution in [3.8, 4) is 17.2 Å². The summed E-state index contributed by atoms with van der Waals surface area (Å²) in [5.74, 6) is 0.865. The van der Waals surface area contributed by atoms with Crippen molar-refractivity contribution >= 4 is 35.2 Å². The first-order valence-electron chi connectivity index (χ1n) is 10.2. The summed E-state index contributed by atoms with van der Waals surface area (Å²) < 4.78 is 16.7. The van der Waals surface area contributed by atoms with Crippen molar-refractivity contribution in [2.75, 3.05) is 25.3 Å². The summed E-state index contributed by atoms with van der Waals surface area (Å²) in [4.78, 5) is 25.3. The van der Waals surface area contributed by atoms with Crippen LogP contribution < -0.4 is 24.6 Å². The van der Waals surface area contributed by atoms with Gasteiger partial charge in [-0.15, -0.1) is 0 Å². The third-order valence-electron chi connectivity index (χ3n) is 4.83. The maximum atomic E-state index is 12.9. The molecule has 7 nitrogen and oxygen atoms in total. The van der Waals surface area contributed by atoms with E-state index >= 15 is 0 Å². The summed E-state index contributed by atoms with van der Waals surface area (Å²) in [6, 6.07) is 21.1. The fraction of sp³-hybridized carbons (Fsp3) is 0.120. The molecule has 0 atom stereocenters. The average Bonchev–Trinajstić information content (AvgIpc) is 3.12. The van der Waals surface area contributed by atoms with Crippen LogP contribution in [0, 0.1) is 0 Å². The standard InChI is InChI=1S/C25H21ClN2O5/c1-31-20-8-5-9-21(16-20)32-12-13-33-23-11-10-18(26)14-17(23)15-22-24(29)27-28(25(22)30)19-6-3-2-4-7-19/h2-11,14-16H,12-13H2,1H3,(H,27,29). The van der Waals surface area contributed by atoms with Gasteiger partial charge in [-0.05, 0) is 48.5 Å². The van der Waals surface area contributed by atoms with Crippen LogP contribution in [-0.4, -0.2) is 32.1 Å². The van der Waals surface area contributed by atoms with Crippen LogP contribution in [0.1, 0.15) is 5.56 Å². The van der Waals surface area contributed by atoms with E-state index in [0.717, 1.165) is 0 Å². The number of para-hydroxylation sites is 1. The molecule has 0 saturated carbocycles. The van der Waals surface area contributed by atoms with Gasteiger partial charge in [0.05, 0.1) is 12.8 Å². The van der Waals surface area contributed by atoms with Crippen LogP contribution in [0.5, 0.6) is 17.2 Å². The van der Waals surface area contributed by atoms with Gasteiger partial charge in [-0.2, -0.15) is 0 Å². The van der Waals surface area contributed by atoms with E-state index in [2.05, 4.69) is 5.43 Å². The maximum absolute atomic E-state index is 12.9. The van der Waals surface area contributed by atoms with Crippen LogP contribution >= 0.6 is 11.6 Å². The number of carbonyl (C=O) groups excluding carboxylic acids is 2. The molecule has 0 spiro atoms. The quantitative estimate of drug-likeness (QED) is 0.306. The van der Waals surface area contributed by atoms with Gasteiger partial charge in [0, 0.05) is 16.7 Å². The number of ether oxygens (including phenoxy) is 3. The SMILES string of the molecule is COc1cccc(OCCOc2ccc(Cl)cc2C=C2C(=O)NN(c3ccccc3)C2=O)c1. The van der Waals surface area contributed by atoms with Gasteiger partial charge in [0.15, 0.2) is 0 Å². The second-order valence-corrected chi connectivity index (χ2v) is 7.47. The minimum absolute atomic E-state index is 0.0152. The molecule has 0 unspecified atom stereocenters. The monoisotopic (exact) mass is 464 g/mol. The topological polar surface area (TPSA) is 77.1 Å². The van der Waals surface area contributed by atoms with E-state index in [1.807, 2.05) is 24.3 Å². The molecule has 1 saturated heterocycles. The second kappa shape index (κ2) is 10.1. The summed E-state index contributed by atoms with van der Waals surface area (Å²) >= 11 is 6.15.